The molecule has 6 nitrogen and oxygen atoms in total. The molecule has 1 unspecified atom stereocenters. The molecule has 2 heterocycles. The number of carbonyl (C=O) groups is 1. The summed E-state index contributed by atoms with van der Waals surface area (Å²) in [7, 11) is 1.43. The summed E-state index contributed by atoms with van der Waals surface area (Å²) in [5.74, 6) is -1.06. The Bertz CT molecular complexity index is 1650. The van der Waals surface area contributed by atoms with Crippen molar-refractivity contribution in [3.63, 3.8) is 0 Å². The van der Waals surface area contributed by atoms with E-state index in [-0.39, 0.29) is 28.0 Å². The number of benzene rings is 3. The average molecular weight is 556 g/mol. The SMILES string of the molecule is CCCCCOc1ccc(C2c3c(oc4ccc(F)cc4c3=O)C(=O)N2c2cccc(C(F)(F)F)c2)cc1OC. The van der Waals surface area contributed by atoms with Crippen LogP contribution in [0.25, 0.3) is 11.0 Å². The second-order valence-corrected chi connectivity index (χ2v) is 9.41. The van der Waals surface area contributed by atoms with Crippen LogP contribution in [0.3, 0.4) is 0 Å². The Morgan fingerprint density at radius 2 is 1.77 bits per heavy atom. The number of rotatable bonds is 8. The van der Waals surface area contributed by atoms with E-state index in [9.17, 15) is 27.2 Å². The highest BCUT2D eigenvalue weighted by Crippen LogP contribution is 2.44. The Hall–Kier alpha value is -4.34. The summed E-state index contributed by atoms with van der Waals surface area (Å²) in [4.78, 5) is 28.5. The number of carbonyl (C=O) groups excluding carboxylic acids is 1. The zero-order chi connectivity index (χ0) is 28.6. The van der Waals surface area contributed by atoms with Gasteiger partial charge in [0.05, 0.1) is 36.3 Å². The van der Waals surface area contributed by atoms with Gasteiger partial charge in [-0.2, -0.15) is 13.2 Å². The Labute approximate surface area is 226 Å². The lowest BCUT2D eigenvalue weighted by atomic mass is 9.97. The molecule has 4 aromatic rings. The van der Waals surface area contributed by atoms with E-state index in [0.717, 1.165) is 48.4 Å². The number of fused-ring (bicyclic) bond motifs is 2. The van der Waals surface area contributed by atoms with Crippen LogP contribution in [0.15, 0.2) is 69.9 Å². The third kappa shape index (κ3) is 4.89. The second kappa shape index (κ2) is 10.7. The molecule has 0 radical (unpaired) electrons. The van der Waals surface area contributed by atoms with E-state index in [2.05, 4.69) is 6.92 Å². The average Bonchev–Trinajstić information content (AvgIpc) is 3.23. The number of hydrogen-bond donors (Lipinski definition) is 0. The van der Waals surface area contributed by atoms with Gasteiger partial charge in [0.2, 0.25) is 5.76 Å². The lowest BCUT2D eigenvalue weighted by Crippen LogP contribution is -2.29. The van der Waals surface area contributed by atoms with Crippen LogP contribution in [0.2, 0.25) is 0 Å². The van der Waals surface area contributed by atoms with Crippen LogP contribution in [0.4, 0.5) is 23.2 Å². The Balaban J connectivity index is 1.69. The van der Waals surface area contributed by atoms with E-state index < -0.39 is 34.9 Å². The molecule has 1 atom stereocenters. The van der Waals surface area contributed by atoms with Gasteiger partial charge in [0, 0.05) is 5.69 Å². The molecule has 10 heteroatoms. The Morgan fingerprint density at radius 1 is 0.975 bits per heavy atom. The van der Waals surface area contributed by atoms with Crippen LogP contribution in [-0.4, -0.2) is 19.6 Å². The fourth-order valence-corrected chi connectivity index (χ4v) is 4.87. The van der Waals surface area contributed by atoms with Gasteiger partial charge < -0.3 is 13.9 Å². The molecule has 40 heavy (non-hydrogen) atoms. The first-order valence-corrected chi connectivity index (χ1v) is 12.7. The van der Waals surface area contributed by atoms with E-state index in [4.69, 9.17) is 13.9 Å². The molecule has 0 aliphatic carbocycles. The van der Waals surface area contributed by atoms with Crippen molar-refractivity contribution in [2.45, 2.75) is 38.4 Å². The molecule has 3 aromatic carbocycles. The number of methoxy groups -OCH3 is 1. The van der Waals surface area contributed by atoms with Crippen molar-refractivity contribution in [3.8, 4) is 11.5 Å². The number of anilines is 1. The molecule has 1 aliphatic heterocycles. The minimum absolute atomic E-state index is 0.0171. The first kappa shape index (κ1) is 27.2. The zero-order valence-electron chi connectivity index (χ0n) is 21.7. The Morgan fingerprint density at radius 3 is 2.50 bits per heavy atom. The van der Waals surface area contributed by atoms with Gasteiger partial charge in [-0.3, -0.25) is 14.5 Å². The smallest absolute Gasteiger partial charge is 0.416 e. The summed E-state index contributed by atoms with van der Waals surface area (Å²) < 4.78 is 71.9. The van der Waals surface area contributed by atoms with E-state index >= 15 is 0 Å². The van der Waals surface area contributed by atoms with Gasteiger partial charge in [0.25, 0.3) is 5.91 Å². The van der Waals surface area contributed by atoms with Crippen molar-refractivity contribution in [1.29, 1.82) is 0 Å². The number of halogens is 4. The molecule has 0 spiro atoms. The summed E-state index contributed by atoms with van der Waals surface area (Å²) in [6, 6.07) is 11.2. The molecule has 0 fully saturated rings. The van der Waals surface area contributed by atoms with Crippen molar-refractivity contribution in [3.05, 3.63) is 99.2 Å². The summed E-state index contributed by atoms with van der Waals surface area (Å²) in [6.45, 7) is 2.52. The summed E-state index contributed by atoms with van der Waals surface area (Å²) in [5, 5.41) is -0.0923. The van der Waals surface area contributed by atoms with E-state index in [1.165, 1.54) is 25.3 Å². The van der Waals surface area contributed by atoms with Gasteiger partial charge in [-0.05, 0) is 60.5 Å². The van der Waals surface area contributed by atoms with E-state index in [1.807, 2.05) is 0 Å². The van der Waals surface area contributed by atoms with Crippen molar-refractivity contribution in [2.75, 3.05) is 18.6 Å². The van der Waals surface area contributed by atoms with Crippen molar-refractivity contribution in [2.24, 2.45) is 0 Å². The van der Waals surface area contributed by atoms with Crippen molar-refractivity contribution >= 4 is 22.6 Å². The van der Waals surface area contributed by atoms with Crippen LogP contribution in [-0.2, 0) is 6.18 Å². The largest absolute Gasteiger partial charge is 0.493 e. The predicted octanol–water partition coefficient (Wildman–Crippen LogP) is 7.28. The predicted molar refractivity (Wildman–Crippen MR) is 141 cm³/mol. The van der Waals surface area contributed by atoms with Crippen molar-refractivity contribution in [1.82, 2.24) is 0 Å². The maximum absolute atomic E-state index is 14.1. The van der Waals surface area contributed by atoms with E-state index in [1.54, 1.807) is 18.2 Å². The topological polar surface area (TPSA) is 69.0 Å². The van der Waals surface area contributed by atoms with Crippen LogP contribution in [0, 0.1) is 5.82 Å². The maximum Gasteiger partial charge on any atom is 0.416 e. The first-order valence-electron chi connectivity index (χ1n) is 12.7. The monoisotopic (exact) mass is 555 g/mol. The van der Waals surface area contributed by atoms with Gasteiger partial charge in [-0.1, -0.05) is 31.9 Å². The normalized spacial score (nSPS) is 15.0. The van der Waals surface area contributed by atoms with E-state index in [0.29, 0.717) is 23.7 Å². The lowest BCUT2D eigenvalue weighted by Gasteiger charge is -2.26. The van der Waals surface area contributed by atoms with Gasteiger partial charge in [-0.15, -0.1) is 0 Å². The number of amides is 1. The maximum atomic E-state index is 14.1. The van der Waals surface area contributed by atoms with Gasteiger partial charge in [0.15, 0.2) is 16.9 Å². The van der Waals surface area contributed by atoms with Crippen molar-refractivity contribution < 1.29 is 36.2 Å². The molecule has 1 aliphatic rings. The molecule has 0 saturated carbocycles. The van der Waals surface area contributed by atoms with Crippen LogP contribution in [0.5, 0.6) is 11.5 Å². The fourth-order valence-electron chi connectivity index (χ4n) is 4.87. The Kier molecular flexibility index (Phi) is 7.27. The molecular weight excluding hydrogens is 530 g/mol. The number of ether oxygens (including phenoxy) is 2. The molecule has 1 aromatic heterocycles. The number of unbranched alkanes of at least 4 members (excludes halogenated alkanes) is 2. The molecule has 0 bridgehead atoms. The molecular formula is C30H25F4NO5. The quantitative estimate of drug-likeness (QED) is 0.169. The third-order valence-electron chi connectivity index (χ3n) is 6.79. The highest BCUT2D eigenvalue weighted by atomic mass is 19.4. The van der Waals surface area contributed by atoms with Gasteiger partial charge in [0.1, 0.15) is 11.4 Å². The van der Waals surface area contributed by atoms with Crippen LogP contribution in [0.1, 0.15) is 59.5 Å². The highest BCUT2D eigenvalue weighted by Gasteiger charge is 2.44. The number of hydrogen-bond acceptors (Lipinski definition) is 5. The fraction of sp³-hybridized carbons (Fsp3) is 0.267. The minimum Gasteiger partial charge on any atom is -0.493 e. The molecule has 5 rings (SSSR count). The summed E-state index contributed by atoms with van der Waals surface area (Å²) in [5.41, 5.74) is -1.49. The third-order valence-corrected chi connectivity index (χ3v) is 6.79. The zero-order valence-corrected chi connectivity index (χ0v) is 21.7. The molecule has 0 N–H and O–H groups in total. The van der Waals surface area contributed by atoms with Crippen LogP contribution < -0.4 is 19.8 Å². The van der Waals surface area contributed by atoms with Gasteiger partial charge >= 0.3 is 6.18 Å². The molecule has 0 saturated heterocycles. The lowest BCUT2D eigenvalue weighted by molar-refractivity contribution is -0.137. The number of nitrogens with zero attached hydrogens (tertiary/aromatic N) is 1. The highest BCUT2D eigenvalue weighted by molar-refractivity contribution is 6.10. The minimum atomic E-state index is -4.67. The second-order valence-electron chi connectivity index (χ2n) is 9.41. The number of alkyl halides is 3. The molecule has 208 valence electrons. The molecule has 1 amide bonds. The van der Waals surface area contributed by atoms with Crippen LogP contribution >= 0.6 is 0 Å². The standard InChI is InChI=1S/C30H25F4NO5/c1-3-4-5-13-39-23-11-9-17(14-24(23)38-2)26-25-27(36)21-16-19(31)10-12-22(21)40-28(25)29(37)35(26)20-8-6-7-18(15-20)30(32,33)34/h6-12,14-16,26H,3-5,13H2,1-2H3. The summed E-state index contributed by atoms with van der Waals surface area (Å²) >= 11 is 0. The first-order chi connectivity index (χ1) is 19.1. The summed E-state index contributed by atoms with van der Waals surface area (Å²) in [6.07, 6.45) is -1.83. The van der Waals surface area contributed by atoms with Gasteiger partial charge in [-0.25, -0.2) is 4.39 Å².